The van der Waals surface area contributed by atoms with Crippen molar-refractivity contribution in [3.8, 4) is 0 Å². The standard InChI is InChI=1S/C20H22O2/c1-12(2)18-11-17(10-15(5)20(18)22)7-6-16-8-13(3)19(21)14(4)9-16/h6-12H,1-5H3/b17-7+. The van der Waals surface area contributed by atoms with Crippen LogP contribution in [0, 0.1) is 5.92 Å². The Hall–Kier alpha value is -2.22. The van der Waals surface area contributed by atoms with Gasteiger partial charge in [0.1, 0.15) is 0 Å². The van der Waals surface area contributed by atoms with E-state index in [4.69, 9.17) is 0 Å². The Bertz CT molecular complexity index is 693. The third kappa shape index (κ3) is 3.33. The van der Waals surface area contributed by atoms with Gasteiger partial charge in [-0.25, -0.2) is 0 Å². The monoisotopic (exact) mass is 294 g/mol. The minimum atomic E-state index is 0.103. The quantitative estimate of drug-likeness (QED) is 0.755. The first kappa shape index (κ1) is 16.2. The third-order valence-electron chi connectivity index (χ3n) is 3.90. The van der Waals surface area contributed by atoms with Gasteiger partial charge in [0, 0.05) is 5.57 Å². The van der Waals surface area contributed by atoms with Gasteiger partial charge in [0.05, 0.1) is 0 Å². The van der Waals surface area contributed by atoms with Crippen LogP contribution in [0.3, 0.4) is 0 Å². The molecule has 0 aliphatic heterocycles. The molecule has 0 aromatic carbocycles. The van der Waals surface area contributed by atoms with E-state index >= 15 is 0 Å². The Balaban J connectivity index is 2.36. The van der Waals surface area contributed by atoms with Crippen molar-refractivity contribution in [3.63, 3.8) is 0 Å². The van der Waals surface area contributed by atoms with Crippen LogP contribution in [-0.2, 0) is 9.59 Å². The number of Topliss-reactive ketones (excluding diaryl/α,β-unsaturated/α-hetero) is 2. The third-order valence-corrected chi connectivity index (χ3v) is 3.90. The smallest absolute Gasteiger partial charge is 0.185 e. The Morgan fingerprint density at radius 2 is 1.14 bits per heavy atom. The van der Waals surface area contributed by atoms with E-state index in [1.54, 1.807) is 0 Å². The summed E-state index contributed by atoms with van der Waals surface area (Å²) in [6, 6.07) is 0. The van der Waals surface area contributed by atoms with Gasteiger partial charge >= 0.3 is 0 Å². The van der Waals surface area contributed by atoms with E-state index in [-0.39, 0.29) is 17.5 Å². The maximum Gasteiger partial charge on any atom is 0.185 e. The van der Waals surface area contributed by atoms with Crippen molar-refractivity contribution in [1.82, 2.24) is 0 Å². The summed E-state index contributed by atoms with van der Waals surface area (Å²) in [5, 5.41) is 0. The molecule has 2 nitrogen and oxygen atoms in total. The molecule has 0 aromatic rings. The minimum absolute atomic E-state index is 0.103. The minimum Gasteiger partial charge on any atom is -0.289 e. The summed E-state index contributed by atoms with van der Waals surface area (Å²) < 4.78 is 0. The predicted octanol–water partition coefficient (Wildman–Crippen LogP) is 4.43. The lowest BCUT2D eigenvalue weighted by molar-refractivity contribution is -0.113. The lowest BCUT2D eigenvalue weighted by Crippen LogP contribution is -2.13. The number of hydrogen-bond acceptors (Lipinski definition) is 2. The lowest BCUT2D eigenvalue weighted by Gasteiger charge is -2.16. The molecule has 0 aromatic heterocycles. The summed E-state index contributed by atoms with van der Waals surface area (Å²) in [6.07, 6.45) is 11.6. The van der Waals surface area contributed by atoms with Crippen LogP contribution in [0.4, 0.5) is 0 Å². The molecule has 0 amide bonds. The Kier molecular flexibility index (Phi) is 4.60. The fourth-order valence-corrected chi connectivity index (χ4v) is 2.63. The second kappa shape index (κ2) is 6.27. The molecule has 0 saturated carbocycles. The van der Waals surface area contributed by atoms with E-state index in [9.17, 15) is 9.59 Å². The van der Waals surface area contributed by atoms with Crippen molar-refractivity contribution in [2.45, 2.75) is 34.6 Å². The molecule has 0 radical (unpaired) electrons. The predicted molar refractivity (Wildman–Crippen MR) is 90.4 cm³/mol. The van der Waals surface area contributed by atoms with E-state index in [1.165, 1.54) is 0 Å². The summed E-state index contributed by atoms with van der Waals surface area (Å²) >= 11 is 0. The number of ketones is 2. The van der Waals surface area contributed by atoms with Gasteiger partial charge in [0.15, 0.2) is 11.6 Å². The van der Waals surface area contributed by atoms with E-state index in [2.05, 4.69) is 0 Å². The van der Waals surface area contributed by atoms with Crippen molar-refractivity contribution < 1.29 is 9.59 Å². The zero-order valence-electron chi connectivity index (χ0n) is 13.9. The van der Waals surface area contributed by atoms with Gasteiger partial charge < -0.3 is 0 Å². The summed E-state index contributed by atoms with van der Waals surface area (Å²) in [5.41, 5.74) is 5.16. The fourth-order valence-electron chi connectivity index (χ4n) is 2.63. The van der Waals surface area contributed by atoms with Crippen LogP contribution in [0.25, 0.3) is 0 Å². The molecule has 0 saturated heterocycles. The van der Waals surface area contributed by atoms with Crippen LogP contribution < -0.4 is 0 Å². The van der Waals surface area contributed by atoms with E-state index in [0.29, 0.717) is 0 Å². The molecule has 2 heteroatoms. The average molecular weight is 294 g/mol. The van der Waals surface area contributed by atoms with Gasteiger partial charge in [-0.15, -0.1) is 0 Å². The van der Waals surface area contributed by atoms with Crippen LogP contribution in [-0.4, -0.2) is 11.6 Å². The lowest BCUT2D eigenvalue weighted by atomic mass is 9.87. The van der Waals surface area contributed by atoms with Gasteiger partial charge in [0.2, 0.25) is 0 Å². The van der Waals surface area contributed by atoms with Gasteiger partial charge in [0.25, 0.3) is 0 Å². The van der Waals surface area contributed by atoms with Gasteiger partial charge in [-0.05, 0) is 78.9 Å². The summed E-state index contributed by atoms with van der Waals surface area (Å²) in [5.74, 6) is 0.448. The summed E-state index contributed by atoms with van der Waals surface area (Å²) in [7, 11) is 0. The van der Waals surface area contributed by atoms with Crippen LogP contribution in [0.1, 0.15) is 34.6 Å². The van der Waals surface area contributed by atoms with Gasteiger partial charge in [-0.3, -0.25) is 9.59 Å². The number of hydrogen-bond donors (Lipinski definition) is 0. The molecular weight excluding hydrogens is 272 g/mol. The van der Waals surface area contributed by atoms with Crippen LogP contribution >= 0.6 is 0 Å². The molecule has 0 N–H and O–H groups in total. The normalized spacial score (nSPS) is 20.8. The van der Waals surface area contributed by atoms with Crippen molar-refractivity contribution >= 4 is 11.6 Å². The van der Waals surface area contributed by atoms with Gasteiger partial charge in [-0.1, -0.05) is 26.0 Å². The molecule has 22 heavy (non-hydrogen) atoms. The Morgan fingerprint density at radius 1 is 0.727 bits per heavy atom. The SMILES string of the molecule is CC1=CC(=C/C=C2\C=C(C)C(=O)C(C(C)C)=C2)C=C(C)C1=O. The highest BCUT2D eigenvalue weighted by Crippen LogP contribution is 2.25. The summed E-state index contributed by atoms with van der Waals surface area (Å²) in [4.78, 5) is 23.8. The van der Waals surface area contributed by atoms with Gasteiger partial charge in [-0.2, -0.15) is 0 Å². The van der Waals surface area contributed by atoms with Crippen molar-refractivity contribution in [3.05, 3.63) is 69.9 Å². The maximum atomic E-state index is 12.1. The van der Waals surface area contributed by atoms with Crippen LogP contribution in [0.15, 0.2) is 69.9 Å². The number of carbonyl (C=O) groups excluding carboxylic acids is 2. The highest BCUT2D eigenvalue weighted by molar-refractivity contribution is 6.10. The van der Waals surface area contributed by atoms with E-state index < -0.39 is 0 Å². The first-order valence-corrected chi connectivity index (χ1v) is 7.57. The zero-order valence-corrected chi connectivity index (χ0v) is 13.9. The number of allylic oxidation sites excluding steroid dienone is 12. The number of rotatable bonds is 2. The Morgan fingerprint density at radius 3 is 1.59 bits per heavy atom. The molecule has 0 atom stereocenters. The second-order valence-corrected chi connectivity index (χ2v) is 6.23. The molecule has 2 rings (SSSR count). The molecule has 0 unspecified atom stereocenters. The van der Waals surface area contributed by atoms with Crippen molar-refractivity contribution in [2.75, 3.05) is 0 Å². The molecule has 114 valence electrons. The zero-order chi connectivity index (χ0) is 16.4. The highest BCUT2D eigenvalue weighted by atomic mass is 16.1. The molecule has 0 heterocycles. The first-order valence-electron chi connectivity index (χ1n) is 7.57. The molecule has 2 aliphatic carbocycles. The molecule has 2 aliphatic rings. The van der Waals surface area contributed by atoms with E-state index in [0.717, 1.165) is 33.4 Å². The largest absolute Gasteiger partial charge is 0.289 e. The van der Waals surface area contributed by atoms with Crippen molar-refractivity contribution in [2.24, 2.45) is 5.92 Å². The topological polar surface area (TPSA) is 34.1 Å². The highest BCUT2D eigenvalue weighted by Gasteiger charge is 2.19. The van der Waals surface area contributed by atoms with E-state index in [1.807, 2.05) is 71.1 Å². The average Bonchev–Trinajstić information content (AvgIpc) is 2.45. The number of carbonyl (C=O) groups is 2. The summed E-state index contributed by atoms with van der Waals surface area (Å²) in [6.45, 7) is 9.58. The molecule has 0 fully saturated rings. The molecular formula is C20H22O2. The Labute approximate surface area is 132 Å². The maximum absolute atomic E-state index is 12.1. The molecule has 0 spiro atoms. The first-order chi connectivity index (χ1) is 10.3. The molecule has 0 bridgehead atoms. The van der Waals surface area contributed by atoms with Crippen LogP contribution in [0.2, 0.25) is 0 Å². The second-order valence-electron chi connectivity index (χ2n) is 6.23. The van der Waals surface area contributed by atoms with Crippen molar-refractivity contribution in [1.29, 1.82) is 0 Å². The fraction of sp³-hybridized carbons (Fsp3) is 0.300. The van der Waals surface area contributed by atoms with Crippen LogP contribution in [0.5, 0.6) is 0 Å².